The Balaban J connectivity index is 1.26. The minimum Gasteiger partial charge on any atom is -0.429 e. The van der Waals surface area contributed by atoms with Crippen LogP contribution in [0.15, 0.2) is 66.7 Å². The molecular weight excluding hydrogens is 665 g/mol. The Morgan fingerprint density at radius 1 is 0.830 bits per heavy atom. The quantitative estimate of drug-likeness (QED) is 0.0884. The Labute approximate surface area is 277 Å². The van der Waals surface area contributed by atoms with Gasteiger partial charge in [-0.1, -0.05) is 29.8 Å². The molecule has 1 heterocycles. The standard InChI is InChI=1S/C36H30ClF7O2S/c1-2-45-12-11-21-4-10-34(47-20-21)25-17-32(41)35(33(42)18-25)36(43,44)46-28-7-5-23(6-8-28)24-15-30(37)29(31(40)16-24)9-3-22-13-26(38)19-27(39)14-22/h3,5-9,13-19,21,34H,2,4,10-12,20H2,1H3/b9-3+. The highest BCUT2D eigenvalue weighted by molar-refractivity contribution is 7.99. The Morgan fingerprint density at radius 2 is 1.51 bits per heavy atom. The zero-order valence-electron chi connectivity index (χ0n) is 25.2. The zero-order valence-corrected chi connectivity index (χ0v) is 26.7. The van der Waals surface area contributed by atoms with Gasteiger partial charge in [-0.3, -0.25) is 0 Å². The molecule has 4 aromatic rings. The van der Waals surface area contributed by atoms with Crippen LogP contribution in [0.2, 0.25) is 5.02 Å². The Kier molecular flexibility index (Phi) is 11.3. The van der Waals surface area contributed by atoms with Crippen LogP contribution in [0, 0.1) is 35.0 Å². The summed E-state index contributed by atoms with van der Waals surface area (Å²) in [6.45, 7) is 3.23. The largest absolute Gasteiger partial charge is 0.432 e. The topological polar surface area (TPSA) is 18.5 Å². The van der Waals surface area contributed by atoms with Gasteiger partial charge in [0.2, 0.25) is 0 Å². The number of benzene rings is 4. The second-order valence-electron chi connectivity index (χ2n) is 11.1. The lowest BCUT2D eigenvalue weighted by molar-refractivity contribution is -0.189. The van der Waals surface area contributed by atoms with Crippen molar-refractivity contribution in [2.75, 3.05) is 19.0 Å². The Hall–Kier alpha value is -3.47. The number of rotatable bonds is 11. The number of halogens is 8. The molecule has 0 saturated carbocycles. The highest BCUT2D eigenvalue weighted by atomic mass is 35.5. The number of hydrogen-bond donors (Lipinski definition) is 0. The van der Waals surface area contributed by atoms with E-state index < -0.39 is 40.8 Å². The van der Waals surface area contributed by atoms with E-state index in [1.54, 1.807) is 11.8 Å². The molecule has 1 fully saturated rings. The molecule has 11 heteroatoms. The molecule has 0 aliphatic carbocycles. The van der Waals surface area contributed by atoms with Gasteiger partial charge in [0.05, 0.1) is 5.02 Å². The summed E-state index contributed by atoms with van der Waals surface area (Å²) in [5.41, 5.74) is -0.356. The van der Waals surface area contributed by atoms with Crippen molar-refractivity contribution in [3.8, 4) is 16.9 Å². The van der Waals surface area contributed by atoms with Crippen molar-refractivity contribution >= 4 is 35.5 Å². The Morgan fingerprint density at radius 3 is 2.11 bits per heavy atom. The summed E-state index contributed by atoms with van der Waals surface area (Å²) in [6.07, 6.45) is 0.669. The van der Waals surface area contributed by atoms with Gasteiger partial charge in [-0.2, -0.15) is 20.5 Å². The molecule has 2 unspecified atom stereocenters. The van der Waals surface area contributed by atoms with E-state index in [-0.39, 0.29) is 27.1 Å². The monoisotopic (exact) mass is 694 g/mol. The van der Waals surface area contributed by atoms with Gasteiger partial charge >= 0.3 is 6.11 Å². The predicted octanol–water partition coefficient (Wildman–Crippen LogP) is 11.6. The molecule has 0 amide bonds. The van der Waals surface area contributed by atoms with Crippen molar-refractivity contribution < 1.29 is 40.2 Å². The van der Waals surface area contributed by atoms with Crippen molar-refractivity contribution in [2.45, 2.75) is 37.5 Å². The summed E-state index contributed by atoms with van der Waals surface area (Å²) in [7, 11) is 0. The highest BCUT2D eigenvalue weighted by Gasteiger charge is 2.41. The zero-order chi connectivity index (χ0) is 33.7. The van der Waals surface area contributed by atoms with Gasteiger partial charge in [0.25, 0.3) is 0 Å². The van der Waals surface area contributed by atoms with Gasteiger partial charge in [0.15, 0.2) is 0 Å². The fourth-order valence-electron chi connectivity index (χ4n) is 5.42. The van der Waals surface area contributed by atoms with E-state index in [4.69, 9.17) is 21.1 Å². The minimum absolute atomic E-state index is 0.0117. The van der Waals surface area contributed by atoms with Crippen molar-refractivity contribution in [3.63, 3.8) is 0 Å². The van der Waals surface area contributed by atoms with Crippen LogP contribution in [-0.4, -0.2) is 19.0 Å². The van der Waals surface area contributed by atoms with E-state index in [0.29, 0.717) is 48.3 Å². The SMILES string of the molecule is CCOCCC1CCC(c2cc(F)c(C(F)(F)Oc3ccc(-c4cc(F)c(/C=C/c5cc(F)cc(F)c5)c(Cl)c4)cc3)c(F)c2)SC1. The van der Waals surface area contributed by atoms with Crippen LogP contribution in [-0.2, 0) is 10.8 Å². The van der Waals surface area contributed by atoms with E-state index in [0.717, 1.165) is 61.1 Å². The lowest BCUT2D eigenvalue weighted by Crippen LogP contribution is -2.25. The summed E-state index contributed by atoms with van der Waals surface area (Å²) in [6, 6.07) is 12.4. The molecule has 1 aliphatic rings. The van der Waals surface area contributed by atoms with E-state index >= 15 is 17.6 Å². The maximum Gasteiger partial charge on any atom is 0.432 e. The summed E-state index contributed by atoms with van der Waals surface area (Å²) in [5.74, 6) is -4.28. The summed E-state index contributed by atoms with van der Waals surface area (Å²) in [5, 5.41) is -0.220. The van der Waals surface area contributed by atoms with E-state index in [9.17, 15) is 13.2 Å². The molecule has 0 radical (unpaired) electrons. The van der Waals surface area contributed by atoms with Crippen molar-refractivity contribution in [3.05, 3.63) is 123 Å². The van der Waals surface area contributed by atoms with E-state index in [1.807, 2.05) is 6.92 Å². The summed E-state index contributed by atoms with van der Waals surface area (Å²) < 4.78 is 112. The fraction of sp³-hybridized carbons (Fsp3) is 0.278. The van der Waals surface area contributed by atoms with Crippen LogP contribution >= 0.6 is 23.4 Å². The maximum absolute atomic E-state index is 15.1. The van der Waals surface area contributed by atoms with Crippen LogP contribution in [0.1, 0.15) is 53.7 Å². The predicted molar refractivity (Wildman–Crippen MR) is 172 cm³/mol. The van der Waals surface area contributed by atoms with Gasteiger partial charge in [0, 0.05) is 30.1 Å². The first-order valence-electron chi connectivity index (χ1n) is 14.9. The molecule has 248 valence electrons. The molecular formula is C36H30ClF7O2S. The van der Waals surface area contributed by atoms with Crippen LogP contribution in [0.25, 0.3) is 23.3 Å². The molecule has 0 aromatic heterocycles. The van der Waals surface area contributed by atoms with Crippen molar-refractivity contribution in [1.82, 2.24) is 0 Å². The second kappa shape index (κ2) is 15.2. The number of alkyl halides is 2. The molecule has 0 spiro atoms. The van der Waals surface area contributed by atoms with Crippen molar-refractivity contribution in [2.24, 2.45) is 5.92 Å². The molecule has 1 saturated heterocycles. The van der Waals surface area contributed by atoms with Crippen LogP contribution in [0.4, 0.5) is 30.7 Å². The van der Waals surface area contributed by atoms with E-state index in [1.165, 1.54) is 30.4 Å². The van der Waals surface area contributed by atoms with Gasteiger partial charge in [-0.25, -0.2) is 22.0 Å². The van der Waals surface area contributed by atoms with Crippen LogP contribution < -0.4 is 4.74 Å². The highest BCUT2D eigenvalue weighted by Crippen LogP contribution is 2.44. The van der Waals surface area contributed by atoms with Crippen molar-refractivity contribution in [1.29, 1.82) is 0 Å². The first-order valence-corrected chi connectivity index (χ1v) is 16.4. The average Bonchev–Trinajstić information content (AvgIpc) is 3.00. The third-order valence-electron chi connectivity index (χ3n) is 7.81. The van der Waals surface area contributed by atoms with Gasteiger partial charge in [-0.05, 0) is 115 Å². The third-order valence-corrected chi connectivity index (χ3v) is 9.70. The second-order valence-corrected chi connectivity index (χ2v) is 12.8. The molecule has 0 bridgehead atoms. The number of hydrogen-bond acceptors (Lipinski definition) is 3. The fourth-order valence-corrected chi connectivity index (χ4v) is 7.16. The first kappa shape index (κ1) is 34.9. The average molecular weight is 695 g/mol. The molecule has 4 aromatic carbocycles. The van der Waals surface area contributed by atoms with Crippen LogP contribution in [0.3, 0.4) is 0 Å². The first-order chi connectivity index (χ1) is 22.4. The minimum atomic E-state index is -4.33. The third kappa shape index (κ3) is 8.72. The number of ether oxygens (including phenoxy) is 2. The smallest absolute Gasteiger partial charge is 0.429 e. The normalized spacial score (nSPS) is 17.0. The molecule has 1 aliphatic heterocycles. The molecule has 2 nitrogen and oxygen atoms in total. The summed E-state index contributed by atoms with van der Waals surface area (Å²) >= 11 is 7.83. The van der Waals surface area contributed by atoms with Gasteiger partial charge in [-0.15, -0.1) is 0 Å². The van der Waals surface area contributed by atoms with Gasteiger partial charge < -0.3 is 9.47 Å². The Bertz CT molecular complexity index is 1670. The van der Waals surface area contributed by atoms with E-state index in [2.05, 4.69) is 0 Å². The molecule has 5 rings (SSSR count). The molecule has 0 N–H and O–H groups in total. The van der Waals surface area contributed by atoms with Gasteiger partial charge in [0.1, 0.15) is 40.4 Å². The lowest BCUT2D eigenvalue weighted by atomic mass is 9.96. The van der Waals surface area contributed by atoms with Crippen LogP contribution in [0.5, 0.6) is 5.75 Å². The maximum atomic E-state index is 15.1. The molecule has 2 atom stereocenters. The number of thioether (sulfide) groups is 1. The molecule has 47 heavy (non-hydrogen) atoms. The lowest BCUT2D eigenvalue weighted by Gasteiger charge is -2.29. The summed E-state index contributed by atoms with van der Waals surface area (Å²) in [4.78, 5) is 0.